The smallest absolute Gasteiger partial charge is 0.171 e. The topological polar surface area (TPSA) is 3.88 Å². The first-order valence-corrected chi connectivity index (χ1v) is 15.8. The number of rotatable bonds is 26. The molecule has 1 heterocycles. The van der Waals surface area contributed by atoms with Crippen molar-refractivity contribution >= 4 is 0 Å². The van der Waals surface area contributed by atoms with Crippen LogP contribution in [0.1, 0.15) is 174 Å². The van der Waals surface area contributed by atoms with E-state index in [2.05, 4.69) is 42.9 Å². The van der Waals surface area contributed by atoms with Gasteiger partial charge in [-0.3, -0.25) is 0 Å². The largest absolute Gasteiger partial charge is 0.205 e. The molecule has 0 N–H and O–H groups in total. The van der Waals surface area contributed by atoms with Crippen LogP contribution >= 0.6 is 0 Å². The summed E-state index contributed by atoms with van der Waals surface area (Å²) in [6.07, 6.45) is 40.3. The van der Waals surface area contributed by atoms with Crippen molar-refractivity contribution < 1.29 is 4.57 Å². The van der Waals surface area contributed by atoms with Gasteiger partial charge >= 0.3 is 0 Å². The molecule has 0 saturated heterocycles. The van der Waals surface area contributed by atoms with Crippen molar-refractivity contribution in [2.45, 2.75) is 181 Å². The minimum atomic E-state index is 1.20. The van der Waals surface area contributed by atoms with Gasteiger partial charge in [0, 0.05) is 18.1 Å². The summed E-state index contributed by atoms with van der Waals surface area (Å²) >= 11 is 0. The lowest BCUT2D eigenvalue weighted by molar-refractivity contribution is -0.697. The first kappa shape index (κ1) is 31.2. The van der Waals surface area contributed by atoms with E-state index in [4.69, 9.17) is 0 Å². The van der Waals surface area contributed by atoms with E-state index in [0.29, 0.717) is 0 Å². The predicted octanol–water partition coefficient (Wildman–Crippen LogP) is 10.9. The van der Waals surface area contributed by atoms with Gasteiger partial charge in [-0.05, 0) is 25.3 Å². The second kappa shape index (κ2) is 25.2. The number of hydrogen-bond acceptors (Lipinski definition) is 0. The van der Waals surface area contributed by atoms with Crippen molar-refractivity contribution in [3.8, 4) is 0 Å². The molecule has 0 spiro atoms. The Morgan fingerprint density at radius 1 is 0.471 bits per heavy atom. The van der Waals surface area contributed by atoms with Crippen LogP contribution in [-0.2, 0) is 13.0 Å². The van der Waals surface area contributed by atoms with E-state index >= 15 is 0 Å². The fourth-order valence-corrected chi connectivity index (χ4v) is 5.17. The first-order chi connectivity index (χ1) is 16.9. The summed E-state index contributed by atoms with van der Waals surface area (Å²) < 4.78 is 2.43. The number of hydrogen-bond donors (Lipinski definition) is 0. The van der Waals surface area contributed by atoms with E-state index < -0.39 is 0 Å². The normalized spacial score (nSPS) is 11.4. The molecule has 0 amide bonds. The van der Waals surface area contributed by atoms with Crippen LogP contribution in [0.2, 0.25) is 0 Å². The first-order valence-electron chi connectivity index (χ1n) is 15.8. The second-order valence-electron chi connectivity index (χ2n) is 11.0. The summed E-state index contributed by atoms with van der Waals surface area (Å²) in [5.41, 5.74) is 1.53. The molecule has 0 aliphatic rings. The van der Waals surface area contributed by atoms with Gasteiger partial charge < -0.3 is 0 Å². The van der Waals surface area contributed by atoms with E-state index in [0.717, 1.165) is 0 Å². The van der Waals surface area contributed by atoms with Gasteiger partial charge in [0.1, 0.15) is 6.54 Å². The Hall–Kier alpha value is -0.850. The predicted molar refractivity (Wildman–Crippen MR) is 152 cm³/mol. The molecule has 34 heavy (non-hydrogen) atoms. The fraction of sp³-hybridized carbons (Fsp3) is 0.848. The zero-order valence-electron chi connectivity index (χ0n) is 23.6. The van der Waals surface area contributed by atoms with E-state index in [1.54, 1.807) is 0 Å². The van der Waals surface area contributed by atoms with Crippen molar-refractivity contribution in [1.82, 2.24) is 0 Å². The molecule has 1 heteroatoms. The van der Waals surface area contributed by atoms with Crippen molar-refractivity contribution in [3.05, 3.63) is 30.1 Å². The van der Waals surface area contributed by atoms with Crippen LogP contribution in [0.4, 0.5) is 0 Å². The number of unbranched alkanes of at least 4 members (excludes halogenated alkanes) is 22. The average molecular weight is 473 g/mol. The van der Waals surface area contributed by atoms with Gasteiger partial charge in [-0.25, -0.2) is 4.57 Å². The second-order valence-corrected chi connectivity index (χ2v) is 11.0. The Morgan fingerprint density at radius 2 is 0.853 bits per heavy atom. The highest BCUT2D eigenvalue weighted by Crippen LogP contribution is 2.14. The molecule has 0 atom stereocenters. The number of aromatic nitrogens is 1. The molecule has 1 aromatic rings. The highest BCUT2D eigenvalue weighted by molar-refractivity contribution is 5.05. The maximum absolute atomic E-state index is 2.43. The maximum atomic E-state index is 2.43. The van der Waals surface area contributed by atoms with Crippen LogP contribution in [0, 0.1) is 0 Å². The molecular weight excluding hydrogens is 410 g/mol. The Morgan fingerprint density at radius 3 is 1.29 bits per heavy atom. The van der Waals surface area contributed by atoms with Gasteiger partial charge in [-0.2, -0.15) is 0 Å². The summed E-state index contributed by atoms with van der Waals surface area (Å²) in [5, 5.41) is 0. The zero-order valence-corrected chi connectivity index (χ0v) is 23.6. The van der Waals surface area contributed by atoms with Crippen molar-refractivity contribution in [2.75, 3.05) is 0 Å². The van der Waals surface area contributed by atoms with Gasteiger partial charge in [-0.1, -0.05) is 149 Å². The third kappa shape index (κ3) is 20.5. The minimum Gasteiger partial charge on any atom is -0.205 e. The lowest BCUT2D eigenvalue weighted by atomic mass is 10.0. The van der Waals surface area contributed by atoms with Crippen LogP contribution in [0.5, 0.6) is 0 Å². The molecule has 0 aliphatic heterocycles. The molecule has 0 bridgehead atoms. The van der Waals surface area contributed by atoms with Gasteiger partial charge in [0.2, 0.25) is 0 Å². The fourth-order valence-electron chi connectivity index (χ4n) is 5.17. The van der Waals surface area contributed by atoms with Crippen LogP contribution in [-0.4, -0.2) is 0 Å². The van der Waals surface area contributed by atoms with Crippen LogP contribution in [0.3, 0.4) is 0 Å². The SMILES string of the molecule is CCCCCCCCCCCCCCCCCC[n+]1cccc(CCCCCCCCCC)c1. The molecule has 0 aromatic carbocycles. The molecule has 198 valence electrons. The molecule has 0 fully saturated rings. The Balaban J connectivity index is 1.88. The summed E-state index contributed by atoms with van der Waals surface area (Å²) in [4.78, 5) is 0. The van der Waals surface area contributed by atoms with E-state index in [1.807, 2.05) is 0 Å². The van der Waals surface area contributed by atoms with Crippen molar-refractivity contribution in [2.24, 2.45) is 0 Å². The van der Waals surface area contributed by atoms with E-state index in [9.17, 15) is 0 Å². The Bertz CT molecular complexity index is 523. The number of nitrogens with zero attached hydrogens (tertiary/aromatic N) is 1. The van der Waals surface area contributed by atoms with Gasteiger partial charge in [-0.15, -0.1) is 0 Å². The van der Waals surface area contributed by atoms with Crippen molar-refractivity contribution in [3.63, 3.8) is 0 Å². The van der Waals surface area contributed by atoms with Gasteiger partial charge in [0.15, 0.2) is 12.4 Å². The highest BCUT2D eigenvalue weighted by Gasteiger charge is 2.03. The average Bonchev–Trinajstić information content (AvgIpc) is 2.85. The zero-order chi connectivity index (χ0) is 24.4. The third-order valence-corrected chi connectivity index (χ3v) is 7.51. The van der Waals surface area contributed by atoms with Gasteiger partial charge in [0.05, 0.1) is 0 Å². The minimum absolute atomic E-state index is 1.20. The highest BCUT2D eigenvalue weighted by atomic mass is 14.9. The molecule has 1 aromatic heterocycles. The van der Waals surface area contributed by atoms with E-state index in [1.165, 1.54) is 173 Å². The molecular formula is C33H62N+. The molecule has 0 unspecified atom stereocenters. The standard InChI is InChI=1S/C33H62N/c1-3-5-7-9-11-13-14-15-16-17-18-19-20-22-24-26-30-34-31-27-29-33(32-34)28-25-23-21-12-10-8-6-4-2/h27,29,31-32H,3-26,28,30H2,1-2H3/q+1. The Kier molecular flexibility index (Phi) is 23.2. The van der Waals surface area contributed by atoms with E-state index in [-0.39, 0.29) is 0 Å². The van der Waals surface area contributed by atoms with Crippen LogP contribution in [0.15, 0.2) is 24.5 Å². The molecule has 0 saturated carbocycles. The lowest BCUT2D eigenvalue weighted by Gasteiger charge is -2.04. The van der Waals surface area contributed by atoms with Crippen LogP contribution < -0.4 is 4.57 Å². The molecule has 0 radical (unpaired) electrons. The number of aryl methyl sites for hydroxylation is 2. The maximum Gasteiger partial charge on any atom is 0.171 e. The summed E-state index contributed by atoms with van der Waals surface area (Å²) in [5.74, 6) is 0. The number of pyridine rings is 1. The Labute approximate surface area is 215 Å². The quantitative estimate of drug-likeness (QED) is 0.0932. The lowest BCUT2D eigenvalue weighted by Crippen LogP contribution is -2.33. The monoisotopic (exact) mass is 472 g/mol. The molecule has 1 nitrogen and oxygen atoms in total. The third-order valence-electron chi connectivity index (χ3n) is 7.51. The van der Waals surface area contributed by atoms with Crippen LogP contribution in [0.25, 0.3) is 0 Å². The van der Waals surface area contributed by atoms with Gasteiger partial charge in [0.25, 0.3) is 0 Å². The molecule has 0 aliphatic carbocycles. The summed E-state index contributed by atoms with van der Waals surface area (Å²) in [6, 6.07) is 4.58. The van der Waals surface area contributed by atoms with Crippen molar-refractivity contribution in [1.29, 1.82) is 0 Å². The summed E-state index contributed by atoms with van der Waals surface area (Å²) in [7, 11) is 0. The summed E-state index contributed by atoms with van der Waals surface area (Å²) in [6.45, 7) is 5.80. The molecule has 1 rings (SSSR count).